The average molecular weight is 362 g/mol. The molecule has 6 nitrogen and oxygen atoms in total. The topological polar surface area (TPSA) is 67.9 Å². The highest BCUT2D eigenvalue weighted by molar-refractivity contribution is 5.95. The first-order valence-corrected chi connectivity index (χ1v) is 9.35. The third-order valence-corrected chi connectivity index (χ3v) is 4.66. The Kier molecular flexibility index (Phi) is 8.06. The molecule has 1 unspecified atom stereocenters. The maximum absolute atomic E-state index is 12.1. The van der Waals surface area contributed by atoms with Crippen LogP contribution < -0.4 is 10.1 Å². The molecule has 2 rings (SSSR count). The molecule has 1 aliphatic rings. The van der Waals surface area contributed by atoms with Crippen LogP contribution in [0.3, 0.4) is 0 Å². The summed E-state index contributed by atoms with van der Waals surface area (Å²) >= 11 is 0. The summed E-state index contributed by atoms with van der Waals surface area (Å²) in [6.45, 7) is 10.0. The van der Waals surface area contributed by atoms with E-state index >= 15 is 0 Å². The van der Waals surface area contributed by atoms with Crippen LogP contribution in [0.5, 0.6) is 5.75 Å². The number of amides is 1. The number of benzene rings is 1. The van der Waals surface area contributed by atoms with Crippen molar-refractivity contribution in [2.45, 2.75) is 33.2 Å². The first-order valence-electron chi connectivity index (χ1n) is 9.35. The molecule has 0 radical (unpaired) electrons. The monoisotopic (exact) mass is 362 g/mol. The third kappa shape index (κ3) is 6.11. The van der Waals surface area contributed by atoms with E-state index < -0.39 is 0 Å². The molecular formula is C20H30N2O4. The number of nitrogens with zero attached hydrogens (tertiary/aromatic N) is 1. The second-order valence-corrected chi connectivity index (χ2v) is 6.85. The van der Waals surface area contributed by atoms with Gasteiger partial charge in [-0.25, -0.2) is 0 Å². The van der Waals surface area contributed by atoms with Crippen LogP contribution >= 0.6 is 0 Å². The molecule has 1 saturated heterocycles. The molecule has 0 aromatic heterocycles. The summed E-state index contributed by atoms with van der Waals surface area (Å²) in [7, 11) is 0. The minimum atomic E-state index is -0.141. The lowest BCUT2D eigenvalue weighted by Crippen LogP contribution is -2.51. The van der Waals surface area contributed by atoms with E-state index in [1.807, 2.05) is 6.92 Å². The van der Waals surface area contributed by atoms with Gasteiger partial charge in [0.25, 0.3) is 5.91 Å². The quantitative estimate of drug-likeness (QED) is 0.682. The summed E-state index contributed by atoms with van der Waals surface area (Å²) < 4.78 is 10.9. The van der Waals surface area contributed by atoms with Gasteiger partial charge in [0.15, 0.2) is 12.4 Å². The molecule has 1 amide bonds. The standard InChI is InChI=1S/C20H30N2O4/c1-4-19(23)16-5-7-17(8-6-16)26-14-20(24)21-13-18(15(2)3)22-9-11-25-12-10-22/h5-8,15,18H,4,9-14H2,1-3H3,(H,21,24). The van der Waals surface area contributed by atoms with Gasteiger partial charge in [-0.3, -0.25) is 14.5 Å². The lowest BCUT2D eigenvalue weighted by molar-refractivity contribution is -0.123. The lowest BCUT2D eigenvalue weighted by Gasteiger charge is -2.36. The Morgan fingerprint density at radius 2 is 1.85 bits per heavy atom. The van der Waals surface area contributed by atoms with Gasteiger partial charge in [0.2, 0.25) is 0 Å². The fraction of sp³-hybridized carbons (Fsp3) is 0.600. The highest BCUT2D eigenvalue weighted by atomic mass is 16.5. The van der Waals surface area contributed by atoms with Crippen molar-refractivity contribution in [1.82, 2.24) is 10.2 Å². The number of carbonyl (C=O) groups is 2. The minimum absolute atomic E-state index is 0.0327. The molecule has 0 bridgehead atoms. The highest BCUT2D eigenvalue weighted by Gasteiger charge is 2.24. The Balaban J connectivity index is 1.77. The average Bonchev–Trinajstić information content (AvgIpc) is 2.67. The van der Waals surface area contributed by atoms with E-state index in [4.69, 9.17) is 9.47 Å². The van der Waals surface area contributed by atoms with Crippen molar-refractivity contribution >= 4 is 11.7 Å². The molecule has 0 aliphatic carbocycles. The molecule has 1 N–H and O–H groups in total. The SMILES string of the molecule is CCC(=O)c1ccc(OCC(=O)NCC(C(C)C)N2CCOCC2)cc1. The fourth-order valence-corrected chi connectivity index (χ4v) is 3.06. The molecule has 144 valence electrons. The summed E-state index contributed by atoms with van der Waals surface area (Å²) in [5.41, 5.74) is 0.662. The zero-order chi connectivity index (χ0) is 18.9. The van der Waals surface area contributed by atoms with Crippen LogP contribution in [0.15, 0.2) is 24.3 Å². The second kappa shape index (κ2) is 10.3. The predicted octanol–water partition coefficient (Wildman–Crippen LogP) is 2.13. The number of rotatable bonds is 9. The van der Waals surface area contributed by atoms with Gasteiger partial charge < -0.3 is 14.8 Å². The summed E-state index contributed by atoms with van der Waals surface area (Å²) in [4.78, 5) is 26.1. The van der Waals surface area contributed by atoms with Gasteiger partial charge in [0.1, 0.15) is 5.75 Å². The van der Waals surface area contributed by atoms with Crippen LogP contribution in [-0.4, -0.2) is 62.1 Å². The molecule has 1 aromatic carbocycles. The van der Waals surface area contributed by atoms with E-state index in [1.54, 1.807) is 24.3 Å². The summed E-state index contributed by atoms with van der Waals surface area (Å²) in [5, 5.41) is 2.97. The molecule has 1 atom stereocenters. The van der Waals surface area contributed by atoms with E-state index in [1.165, 1.54) is 0 Å². The minimum Gasteiger partial charge on any atom is -0.484 e. The maximum Gasteiger partial charge on any atom is 0.257 e. The van der Waals surface area contributed by atoms with Crippen LogP contribution in [0.4, 0.5) is 0 Å². The summed E-state index contributed by atoms with van der Waals surface area (Å²) in [5.74, 6) is 0.981. The molecular weight excluding hydrogens is 332 g/mol. The zero-order valence-corrected chi connectivity index (χ0v) is 16.0. The fourth-order valence-electron chi connectivity index (χ4n) is 3.06. The number of morpholine rings is 1. The zero-order valence-electron chi connectivity index (χ0n) is 16.0. The van der Waals surface area contributed by atoms with E-state index in [9.17, 15) is 9.59 Å². The second-order valence-electron chi connectivity index (χ2n) is 6.85. The molecule has 0 saturated carbocycles. The van der Waals surface area contributed by atoms with Crippen LogP contribution in [0.25, 0.3) is 0 Å². The number of ether oxygens (including phenoxy) is 2. The third-order valence-electron chi connectivity index (χ3n) is 4.66. The Bertz CT molecular complexity index is 580. The Morgan fingerprint density at radius 1 is 1.19 bits per heavy atom. The van der Waals surface area contributed by atoms with Crippen LogP contribution in [0.1, 0.15) is 37.6 Å². The van der Waals surface area contributed by atoms with Crippen LogP contribution in [-0.2, 0) is 9.53 Å². The van der Waals surface area contributed by atoms with E-state index in [0.717, 1.165) is 26.3 Å². The van der Waals surface area contributed by atoms with Crippen molar-refractivity contribution in [3.63, 3.8) is 0 Å². The molecule has 1 heterocycles. The molecule has 1 aliphatic heterocycles. The van der Waals surface area contributed by atoms with Crippen molar-refractivity contribution < 1.29 is 19.1 Å². The van der Waals surface area contributed by atoms with E-state index in [2.05, 4.69) is 24.1 Å². The van der Waals surface area contributed by atoms with Gasteiger partial charge in [-0.15, -0.1) is 0 Å². The molecule has 1 aromatic rings. The van der Waals surface area contributed by atoms with E-state index in [0.29, 0.717) is 36.2 Å². The molecule has 1 fully saturated rings. The van der Waals surface area contributed by atoms with Gasteiger partial charge in [0, 0.05) is 37.7 Å². The lowest BCUT2D eigenvalue weighted by atomic mass is 10.0. The number of Topliss-reactive ketones (excluding diaryl/α,β-unsaturated/α-hetero) is 1. The number of nitrogens with one attached hydrogen (secondary N) is 1. The maximum atomic E-state index is 12.1. The van der Waals surface area contributed by atoms with Gasteiger partial charge in [-0.2, -0.15) is 0 Å². The molecule has 6 heteroatoms. The van der Waals surface area contributed by atoms with Crippen molar-refractivity contribution in [3.8, 4) is 5.75 Å². The summed E-state index contributed by atoms with van der Waals surface area (Å²) in [6.07, 6.45) is 0.475. The summed E-state index contributed by atoms with van der Waals surface area (Å²) in [6, 6.07) is 7.20. The van der Waals surface area contributed by atoms with Crippen LogP contribution in [0.2, 0.25) is 0 Å². The number of ketones is 1. The number of carbonyl (C=O) groups excluding carboxylic acids is 2. The van der Waals surface area contributed by atoms with Gasteiger partial charge in [-0.1, -0.05) is 20.8 Å². The number of hydrogen-bond donors (Lipinski definition) is 1. The van der Waals surface area contributed by atoms with Crippen molar-refractivity contribution in [3.05, 3.63) is 29.8 Å². The first kappa shape index (κ1) is 20.4. The van der Waals surface area contributed by atoms with Crippen molar-refractivity contribution in [1.29, 1.82) is 0 Å². The molecule has 0 spiro atoms. The van der Waals surface area contributed by atoms with Crippen LogP contribution in [0, 0.1) is 5.92 Å². The van der Waals surface area contributed by atoms with Gasteiger partial charge in [-0.05, 0) is 30.2 Å². The first-order chi connectivity index (χ1) is 12.5. The smallest absolute Gasteiger partial charge is 0.257 e. The number of hydrogen-bond acceptors (Lipinski definition) is 5. The van der Waals surface area contributed by atoms with Gasteiger partial charge >= 0.3 is 0 Å². The Hall–Kier alpha value is -1.92. The normalized spacial score (nSPS) is 16.3. The van der Waals surface area contributed by atoms with E-state index in [-0.39, 0.29) is 18.3 Å². The van der Waals surface area contributed by atoms with Crippen molar-refractivity contribution in [2.75, 3.05) is 39.5 Å². The largest absolute Gasteiger partial charge is 0.484 e. The Labute approximate surface area is 155 Å². The molecule has 26 heavy (non-hydrogen) atoms. The van der Waals surface area contributed by atoms with Crippen molar-refractivity contribution in [2.24, 2.45) is 5.92 Å². The Morgan fingerprint density at radius 3 is 2.42 bits per heavy atom. The highest BCUT2D eigenvalue weighted by Crippen LogP contribution is 2.14. The van der Waals surface area contributed by atoms with Gasteiger partial charge in [0.05, 0.1) is 13.2 Å². The predicted molar refractivity (Wildman–Crippen MR) is 101 cm³/mol.